The van der Waals surface area contributed by atoms with Gasteiger partial charge < -0.3 is 10.6 Å². The van der Waals surface area contributed by atoms with Crippen molar-refractivity contribution < 1.29 is 4.79 Å². The highest BCUT2D eigenvalue weighted by molar-refractivity contribution is 14.1. The SMILES string of the molecule is CC(=O)N(CCN)c1ccc(I)cc1. The molecule has 0 heterocycles. The number of rotatable bonds is 3. The van der Waals surface area contributed by atoms with Crippen LogP contribution in [0.25, 0.3) is 0 Å². The summed E-state index contributed by atoms with van der Waals surface area (Å²) in [4.78, 5) is 13.0. The van der Waals surface area contributed by atoms with E-state index in [4.69, 9.17) is 5.73 Å². The summed E-state index contributed by atoms with van der Waals surface area (Å²) in [5.74, 6) is 0.0247. The summed E-state index contributed by atoms with van der Waals surface area (Å²) in [7, 11) is 0. The largest absolute Gasteiger partial charge is 0.329 e. The van der Waals surface area contributed by atoms with Crippen LogP contribution in [-0.2, 0) is 4.79 Å². The van der Waals surface area contributed by atoms with Gasteiger partial charge in [-0.3, -0.25) is 4.79 Å². The molecule has 0 saturated heterocycles. The van der Waals surface area contributed by atoms with Crippen LogP contribution < -0.4 is 10.6 Å². The molecule has 14 heavy (non-hydrogen) atoms. The second-order valence-corrected chi connectivity index (χ2v) is 4.18. The van der Waals surface area contributed by atoms with E-state index in [-0.39, 0.29) is 5.91 Å². The molecule has 4 heteroatoms. The van der Waals surface area contributed by atoms with Gasteiger partial charge in [-0.2, -0.15) is 0 Å². The standard InChI is InChI=1S/C10H13IN2O/c1-8(14)13(7-6-12)10-4-2-9(11)3-5-10/h2-5H,6-7,12H2,1H3. The van der Waals surface area contributed by atoms with Crippen molar-refractivity contribution >= 4 is 34.2 Å². The molecule has 0 saturated carbocycles. The first-order valence-corrected chi connectivity index (χ1v) is 5.46. The van der Waals surface area contributed by atoms with Crippen LogP contribution in [0.3, 0.4) is 0 Å². The van der Waals surface area contributed by atoms with Crippen molar-refractivity contribution in [1.82, 2.24) is 0 Å². The van der Waals surface area contributed by atoms with Gasteiger partial charge in [0.05, 0.1) is 0 Å². The summed E-state index contributed by atoms with van der Waals surface area (Å²) in [6, 6.07) is 7.81. The highest BCUT2D eigenvalue weighted by Crippen LogP contribution is 2.16. The van der Waals surface area contributed by atoms with Gasteiger partial charge in [-0.05, 0) is 46.9 Å². The van der Waals surface area contributed by atoms with E-state index < -0.39 is 0 Å². The number of carbonyl (C=O) groups excluding carboxylic acids is 1. The first-order valence-electron chi connectivity index (χ1n) is 4.39. The number of benzene rings is 1. The lowest BCUT2D eigenvalue weighted by Gasteiger charge is -2.20. The van der Waals surface area contributed by atoms with Gasteiger partial charge in [0, 0.05) is 29.3 Å². The number of halogens is 1. The van der Waals surface area contributed by atoms with Crippen LogP contribution in [-0.4, -0.2) is 19.0 Å². The van der Waals surface area contributed by atoms with E-state index in [0.29, 0.717) is 13.1 Å². The fourth-order valence-corrected chi connectivity index (χ4v) is 1.58. The molecule has 2 N–H and O–H groups in total. The molecule has 0 atom stereocenters. The van der Waals surface area contributed by atoms with Gasteiger partial charge in [-0.25, -0.2) is 0 Å². The maximum absolute atomic E-state index is 11.3. The molecule has 0 aromatic heterocycles. The van der Waals surface area contributed by atoms with Gasteiger partial charge in [0.15, 0.2) is 0 Å². The Kier molecular flexibility index (Phi) is 4.34. The van der Waals surface area contributed by atoms with E-state index in [2.05, 4.69) is 22.6 Å². The van der Waals surface area contributed by atoms with Gasteiger partial charge in [0.2, 0.25) is 5.91 Å². The topological polar surface area (TPSA) is 46.3 Å². The molecule has 0 radical (unpaired) electrons. The Morgan fingerprint density at radius 3 is 2.43 bits per heavy atom. The number of amides is 1. The minimum Gasteiger partial charge on any atom is -0.329 e. The van der Waals surface area contributed by atoms with Crippen LogP contribution in [0.1, 0.15) is 6.92 Å². The normalized spacial score (nSPS) is 9.93. The second-order valence-electron chi connectivity index (χ2n) is 2.94. The zero-order valence-corrected chi connectivity index (χ0v) is 10.2. The van der Waals surface area contributed by atoms with Crippen LogP contribution in [0.4, 0.5) is 5.69 Å². The first-order chi connectivity index (χ1) is 6.65. The molecule has 0 aliphatic carbocycles. The predicted molar refractivity (Wildman–Crippen MR) is 66.2 cm³/mol. The molecule has 3 nitrogen and oxygen atoms in total. The van der Waals surface area contributed by atoms with Crippen LogP contribution in [0.2, 0.25) is 0 Å². The van der Waals surface area contributed by atoms with Gasteiger partial charge >= 0.3 is 0 Å². The zero-order valence-electron chi connectivity index (χ0n) is 8.03. The third kappa shape index (κ3) is 2.95. The first kappa shape index (κ1) is 11.5. The molecule has 1 aromatic rings. The van der Waals surface area contributed by atoms with Crippen LogP contribution in [0, 0.1) is 3.57 Å². The molecular weight excluding hydrogens is 291 g/mol. The maximum atomic E-state index is 11.3. The smallest absolute Gasteiger partial charge is 0.223 e. The third-order valence-electron chi connectivity index (χ3n) is 1.87. The molecule has 1 amide bonds. The van der Waals surface area contributed by atoms with Crippen LogP contribution >= 0.6 is 22.6 Å². The lowest BCUT2D eigenvalue weighted by atomic mass is 10.3. The van der Waals surface area contributed by atoms with Crippen molar-refractivity contribution in [3.63, 3.8) is 0 Å². The molecule has 0 unspecified atom stereocenters. The lowest BCUT2D eigenvalue weighted by molar-refractivity contribution is -0.116. The Hall–Kier alpha value is -0.620. The van der Waals surface area contributed by atoms with Crippen molar-refractivity contribution in [2.75, 3.05) is 18.0 Å². The minimum atomic E-state index is 0.0247. The summed E-state index contributed by atoms with van der Waals surface area (Å²) in [6.45, 7) is 2.59. The van der Waals surface area contributed by atoms with Crippen LogP contribution in [0.5, 0.6) is 0 Å². The van der Waals surface area contributed by atoms with E-state index in [1.54, 1.807) is 11.8 Å². The quantitative estimate of drug-likeness (QED) is 0.862. The van der Waals surface area contributed by atoms with E-state index in [9.17, 15) is 4.79 Å². The van der Waals surface area contributed by atoms with Gasteiger partial charge in [-0.1, -0.05) is 0 Å². The van der Waals surface area contributed by atoms with Crippen molar-refractivity contribution in [1.29, 1.82) is 0 Å². The Bertz CT molecular complexity index is 310. The Balaban J connectivity index is 2.87. The maximum Gasteiger partial charge on any atom is 0.223 e. The average Bonchev–Trinajstić information content (AvgIpc) is 2.15. The summed E-state index contributed by atoms with van der Waals surface area (Å²) < 4.78 is 1.16. The summed E-state index contributed by atoms with van der Waals surface area (Å²) in [6.07, 6.45) is 0. The van der Waals surface area contributed by atoms with Crippen molar-refractivity contribution in [2.24, 2.45) is 5.73 Å². The highest BCUT2D eigenvalue weighted by Gasteiger charge is 2.09. The van der Waals surface area contributed by atoms with Crippen molar-refractivity contribution in [3.05, 3.63) is 27.8 Å². The minimum absolute atomic E-state index is 0.0247. The molecule has 1 rings (SSSR count). The highest BCUT2D eigenvalue weighted by atomic mass is 127. The van der Waals surface area contributed by atoms with Crippen molar-refractivity contribution in [3.8, 4) is 0 Å². The van der Waals surface area contributed by atoms with E-state index >= 15 is 0 Å². The Morgan fingerprint density at radius 1 is 1.43 bits per heavy atom. The lowest BCUT2D eigenvalue weighted by Crippen LogP contribution is -2.33. The monoisotopic (exact) mass is 304 g/mol. The summed E-state index contributed by atoms with van der Waals surface area (Å²) in [5.41, 5.74) is 6.34. The predicted octanol–water partition coefficient (Wildman–Crippen LogP) is 1.60. The van der Waals surface area contributed by atoms with Gasteiger partial charge in [-0.15, -0.1) is 0 Å². The summed E-state index contributed by atoms with van der Waals surface area (Å²) >= 11 is 2.23. The number of hydrogen-bond acceptors (Lipinski definition) is 2. The number of nitrogens with zero attached hydrogens (tertiary/aromatic N) is 1. The molecule has 76 valence electrons. The summed E-state index contributed by atoms with van der Waals surface area (Å²) in [5, 5.41) is 0. The fourth-order valence-electron chi connectivity index (χ4n) is 1.22. The zero-order chi connectivity index (χ0) is 10.6. The molecule has 0 spiro atoms. The molecule has 0 aliphatic heterocycles. The van der Waals surface area contributed by atoms with Gasteiger partial charge in [0.25, 0.3) is 0 Å². The molecular formula is C10H13IN2O. The van der Waals surface area contributed by atoms with Crippen LogP contribution in [0.15, 0.2) is 24.3 Å². The molecule has 0 aliphatic rings. The Morgan fingerprint density at radius 2 is 2.00 bits per heavy atom. The molecule has 0 bridgehead atoms. The number of hydrogen-bond donors (Lipinski definition) is 1. The Labute approximate surface area is 97.4 Å². The van der Waals surface area contributed by atoms with Gasteiger partial charge in [0.1, 0.15) is 0 Å². The van der Waals surface area contributed by atoms with E-state index in [1.165, 1.54) is 0 Å². The molecule has 0 fully saturated rings. The molecule has 1 aromatic carbocycles. The van der Waals surface area contributed by atoms with E-state index in [0.717, 1.165) is 9.26 Å². The van der Waals surface area contributed by atoms with Crippen molar-refractivity contribution in [2.45, 2.75) is 6.92 Å². The average molecular weight is 304 g/mol. The second kappa shape index (κ2) is 5.31. The fraction of sp³-hybridized carbons (Fsp3) is 0.300. The number of anilines is 1. The number of carbonyl (C=O) groups is 1. The third-order valence-corrected chi connectivity index (χ3v) is 2.59. The van der Waals surface area contributed by atoms with E-state index in [1.807, 2.05) is 24.3 Å². The number of nitrogens with two attached hydrogens (primary N) is 1.